The van der Waals surface area contributed by atoms with Crippen LogP contribution in [0.25, 0.3) is 0 Å². The van der Waals surface area contributed by atoms with E-state index in [9.17, 15) is 5.11 Å². The number of nitrogens with zero attached hydrogens (tertiary/aromatic N) is 3. The third-order valence-corrected chi connectivity index (χ3v) is 2.04. The quantitative estimate of drug-likeness (QED) is 0.672. The van der Waals surface area contributed by atoms with Crippen molar-refractivity contribution in [3.63, 3.8) is 0 Å². The lowest BCUT2D eigenvalue weighted by atomic mass is 10.2. The molecule has 0 fully saturated rings. The van der Waals surface area contributed by atoms with Crippen LogP contribution in [-0.4, -0.2) is 45.7 Å². The lowest BCUT2D eigenvalue weighted by Crippen LogP contribution is -2.33. The molecule has 0 spiro atoms. The lowest BCUT2D eigenvalue weighted by Gasteiger charge is -2.21. The van der Waals surface area contributed by atoms with Gasteiger partial charge in [0.25, 0.3) is 0 Å². The molecule has 16 heavy (non-hydrogen) atoms. The largest absolute Gasteiger partial charge is 0.387 e. The summed E-state index contributed by atoms with van der Waals surface area (Å²) in [6.07, 6.45) is 0.810. The van der Waals surface area contributed by atoms with Crippen molar-refractivity contribution in [1.29, 1.82) is 0 Å². The molecule has 0 amide bonds. The van der Waals surface area contributed by atoms with Gasteiger partial charge in [0.2, 0.25) is 0 Å². The van der Waals surface area contributed by atoms with Gasteiger partial charge < -0.3 is 14.6 Å². The standard InChI is InChI=1S/C10H19N3O3/c1-4-15-10(16-5-2)9(14)6-8-7-13(3)12-11-8/h7,9-10,14H,4-6H2,1-3H3. The minimum absolute atomic E-state index is 0.374. The van der Waals surface area contributed by atoms with Gasteiger partial charge in [0.1, 0.15) is 6.10 Å². The number of rotatable bonds is 7. The van der Waals surface area contributed by atoms with Crippen molar-refractivity contribution in [1.82, 2.24) is 15.0 Å². The number of hydrogen-bond donors (Lipinski definition) is 1. The van der Waals surface area contributed by atoms with Crippen LogP contribution in [0.5, 0.6) is 0 Å². The van der Waals surface area contributed by atoms with Crippen LogP contribution in [0.4, 0.5) is 0 Å². The van der Waals surface area contributed by atoms with Crippen LogP contribution in [0.15, 0.2) is 6.20 Å². The maximum atomic E-state index is 9.91. The highest BCUT2D eigenvalue weighted by Gasteiger charge is 2.21. The number of ether oxygens (including phenoxy) is 2. The van der Waals surface area contributed by atoms with Crippen molar-refractivity contribution in [2.45, 2.75) is 32.7 Å². The first-order valence-electron chi connectivity index (χ1n) is 5.43. The molecule has 1 N–H and O–H groups in total. The van der Waals surface area contributed by atoms with Gasteiger partial charge in [-0.1, -0.05) is 5.21 Å². The van der Waals surface area contributed by atoms with Crippen LogP contribution < -0.4 is 0 Å². The summed E-state index contributed by atoms with van der Waals surface area (Å²) in [6.45, 7) is 4.73. The van der Waals surface area contributed by atoms with Gasteiger partial charge in [0.15, 0.2) is 6.29 Å². The first-order chi connectivity index (χ1) is 7.67. The summed E-state index contributed by atoms with van der Waals surface area (Å²) >= 11 is 0. The van der Waals surface area contributed by atoms with E-state index in [-0.39, 0.29) is 0 Å². The molecule has 0 bridgehead atoms. The molecule has 1 aromatic rings. The van der Waals surface area contributed by atoms with Crippen LogP contribution in [-0.2, 0) is 22.9 Å². The second-order valence-corrected chi connectivity index (χ2v) is 3.43. The molecule has 1 atom stereocenters. The van der Waals surface area contributed by atoms with E-state index in [2.05, 4.69) is 10.3 Å². The van der Waals surface area contributed by atoms with Crippen LogP contribution in [0, 0.1) is 0 Å². The topological polar surface area (TPSA) is 69.4 Å². The third kappa shape index (κ3) is 3.88. The van der Waals surface area contributed by atoms with E-state index in [1.165, 1.54) is 0 Å². The van der Waals surface area contributed by atoms with E-state index < -0.39 is 12.4 Å². The van der Waals surface area contributed by atoms with Gasteiger partial charge >= 0.3 is 0 Å². The molecule has 1 heterocycles. The highest BCUT2D eigenvalue weighted by Crippen LogP contribution is 2.07. The Morgan fingerprint density at radius 3 is 2.44 bits per heavy atom. The fourth-order valence-electron chi connectivity index (χ4n) is 1.40. The van der Waals surface area contributed by atoms with Gasteiger partial charge in [-0.3, -0.25) is 4.68 Å². The number of aliphatic hydroxyl groups is 1. The molecule has 6 heteroatoms. The molecular formula is C10H19N3O3. The average Bonchev–Trinajstić information content (AvgIpc) is 2.63. The van der Waals surface area contributed by atoms with Crippen LogP contribution in [0.1, 0.15) is 19.5 Å². The van der Waals surface area contributed by atoms with E-state index >= 15 is 0 Å². The summed E-state index contributed by atoms with van der Waals surface area (Å²) in [4.78, 5) is 0. The SMILES string of the molecule is CCOC(OCC)C(O)Cc1cn(C)nn1. The molecule has 0 radical (unpaired) electrons. The predicted molar refractivity (Wildman–Crippen MR) is 57.8 cm³/mol. The van der Waals surface area contributed by atoms with Crippen molar-refractivity contribution in [2.24, 2.45) is 7.05 Å². The molecule has 0 aliphatic carbocycles. The Balaban J connectivity index is 2.50. The highest BCUT2D eigenvalue weighted by atomic mass is 16.7. The van der Waals surface area contributed by atoms with E-state index in [4.69, 9.17) is 9.47 Å². The van der Waals surface area contributed by atoms with Gasteiger partial charge in [-0.05, 0) is 13.8 Å². The van der Waals surface area contributed by atoms with Crippen molar-refractivity contribution in [3.8, 4) is 0 Å². The Morgan fingerprint density at radius 1 is 1.38 bits per heavy atom. The first-order valence-corrected chi connectivity index (χ1v) is 5.43. The zero-order valence-corrected chi connectivity index (χ0v) is 9.96. The molecule has 1 aromatic heterocycles. The van der Waals surface area contributed by atoms with Crippen LogP contribution in [0.3, 0.4) is 0 Å². The number of aromatic nitrogens is 3. The lowest BCUT2D eigenvalue weighted by molar-refractivity contribution is -0.189. The fraction of sp³-hybridized carbons (Fsp3) is 0.800. The van der Waals surface area contributed by atoms with Crippen molar-refractivity contribution >= 4 is 0 Å². The normalized spacial score (nSPS) is 13.3. The van der Waals surface area contributed by atoms with Crippen molar-refractivity contribution < 1.29 is 14.6 Å². The minimum atomic E-state index is -0.725. The third-order valence-electron chi connectivity index (χ3n) is 2.04. The predicted octanol–water partition coefficient (Wildman–Crippen LogP) is 0.118. The summed E-state index contributed by atoms with van der Waals surface area (Å²) in [5.41, 5.74) is 0.722. The number of aryl methyl sites for hydroxylation is 1. The Morgan fingerprint density at radius 2 is 2.00 bits per heavy atom. The molecular weight excluding hydrogens is 210 g/mol. The maximum absolute atomic E-state index is 9.91. The van der Waals surface area contributed by atoms with Gasteiger partial charge in [-0.25, -0.2) is 0 Å². The molecule has 0 saturated carbocycles. The molecule has 92 valence electrons. The molecule has 0 aromatic carbocycles. The smallest absolute Gasteiger partial charge is 0.183 e. The van der Waals surface area contributed by atoms with Gasteiger partial charge in [-0.2, -0.15) is 0 Å². The van der Waals surface area contributed by atoms with Gasteiger partial charge in [-0.15, -0.1) is 5.10 Å². The molecule has 1 unspecified atom stereocenters. The fourth-order valence-corrected chi connectivity index (χ4v) is 1.40. The van der Waals surface area contributed by atoms with E-state index in [0.717, 1.165) is 5.69 Å². The van der Waals surface area contributed by atoms with Gasteiger partial charge in [0, 0.05) is 32.9 Å². The summed E-state index contributed by atoms with van der Waals surface area (Å²) in [5.74, 6) is 0. The summed E-state index contributed by atoms with van der Waals surface area (Å²) in [6, 6.07) is 0. The van der Waals surface area contributed by atoms with Crippen LogP contribution >= 0.6 is 0 Å². The van der Waals surface area contributed by atoms with Crippen LogP contribution in [0.2, 0.25) is 0 Å². The maximum Gasteiger partial charge on any atom is 0.183 e. The molecule has 0 aliphatic rings. The molecule has 6 nitrogen and oxygen atoms in total. The second kappa shape index (κ2) is 6.57. The monoisotopic (exact) mass is 229 g/mol. The Bertz CT molecular complexity index is 297. The van der Waals surface area contributed by atoms with E-state index in [1.807, 2.05) is 13.8 Å². The molecule has 0 saturated heterocycles. The van der Waals surface area contributed by atoms with Crippen molar-refractivity contribution in [3.05, 3.63) is 11.9 Å². The first kappa shape index (κ1) is 13.1. The Hall–Kier alpha value is -0.980. The number of aliphatic hydroxyl groups excluding tert-OH is 1. The van der Waals surface area contributed by atoms with E-state index in [1.54, 1.807) is 17.9 Å². The van der Waals surface area contributed by atoms with Gasteiger partial charge in [0.05, 0.1) is 5.69 Å². The molecule has 1 rings (SSSR count). The zero-order chi connectivity index (χ0) is 12.0. The van der Waals surface area contributed by atoms with Crippen molar-refractivity contribution in [2.75, 3.05) is 13.2 Å². The number of hydrogen-bond acceptors (Lipinski definition) is 5. The molecule has 0 aliphatic heterocycles. The minimum Gasteiger partial charge on any atom is -0.387 e. The zero-order valence-electron chi connectivity index (χ0n) is 9.96. The summed E-state index contributed by atoms with van der Waals surface area (Å²) in [5, 5.41) is 17.6. The highest BCUT2D eigenvalue weighted by molar-refractivity contribution is 4.94. The summed E-state index contributed by atoms with van der Waals surface area (Å²) < 4.78 is 12.2. The average molecular weight is 229 g/mol. The second-order valence-electron chi connectivity index (χ2n) is 3.43. The van der Waals surface area contributed by atoms with E-state index in [0.29, 0.717) is 19.6 Å². The Kier molecular flexibility index (Phi) is 5.37. The Labute approximate surface area is 95.2 Å². The summed E-state index contributed by atoms with van der Waals surface area (Å²) in [7, 11) is 1.78.